The van der Waals surface area contributed by atoms with Crippen LogP contribution < -0.4 is 0 Å². The molecular weight excluding hydrogens is 246 g/mol. The van der Waals surface area contributed by atoms with E-state index in [9.17, 15) is 14.7 Å². The third kappa shape index (κ3) is 2.77. The van der Waals surface area contributed by atoms with Crippen molar-refractivity contribution in [2.75, 3.05) is 6.54 Å². The van der Waals surface area contributed by atoms with Crippen molar-refractivity contribution in [2.24, 2.45) is 0 Å². The van der Waals surface area contributed by atoms with E-state index in [0.29, 0.717) is 13.0 Å². The zero-order valence-corrected chi connectivity index (χ0v) is 11.3. The Morgan fingerprint density at radius 2 is 2.16 bits per heavy atom. The van der Waals surface area contributed by atoms with Gasteiger partial charge >= 0.3 is 5.97 Å². The minimum atomic E-state index is -0.909. The Hall–Kier alpha value is -1.85. The number of aromatic amines is 1. The van der Waals surface area contributed by atoms with E-state index in [1.807, 2.05) is 13.8 Å². The first-order valence-electron chi connectivity index (χ1n) is 6.53. The summed E-state index contributed by atoms with van der Waals surface area (Å²) in [6.45, 7) is 4.25. The third-order valence-corrected chi connectivity index (χ3v) is 3.72. The number of aliphatic carboxylic acids is 1. The fourth-order valence-corrected chi connectivity index (χ4v) is 2.57. The number of nitrogens with one attached hydrogen (secondary N) is 1. The Labute approximate surface area is 111 Å². The minimum absolute atomic E-state index is 0.125. The second kappa shape index (κ2) is 5.42. The molecule has 1 aromatic rings. The topological polar surface area (TPSA) is 86.3 Å². The maximum Gasteiger partial charge on any atom is 0.326 e. The molecule has 1 amide bonds. The number of rotatable bonds is 3. The highest BCUT2D eigenvalue weighted by Crippen LogP contribution is 2.20. The van der Waals surface area contributed by atoms with Crippen LogP contribution in [0.1, 0.15) is 36.2 Å². The monoisotopic (exact) mass is 265 g/mol. The highest BCUT2D eigenvalue weighted by atomic mass is 16.4. The van der Waals surface area contributed by atoms with Crippen molar-refractivity contribution in [1.82, 2.24) is 15.1 Å². The number of hydrogen-bond donors (Lipinski definition) is 2. The van der Waals surface area contributed by atoms with Crippen LogP contribution in [0.4, 0.5) is 0 Å². The summed E-state index contributed by atoms with van der Waals surface area (Å²) in [4.78, 5) is 25.0. The molecule has 0 spiro atoms. The van der Waals surface area contributed by atoms with E-state index in [-0.39, 0.29) is 12.3 Å². The van der Waals surface area contributed by atoms with Crippen molar-refractivity contribution in [3.63, 3.8) is 0 Å². The van der Waals surface area contributed by atoms with Gasteiger partial charge in [-0.15, -0.1) is 0 Å². The van der Waals surface area contributed by atoms with E-state index in [0.717, 1.165) is 29.8 Å². The molecule has 1 aliphatic heterocycles. The molecule has 1 aromatic heterocycles. The largest absolute Gasteiger partial charge is 0.480 e. The maximum absolute atomic E-state index is 12.3. The predicted molar refractivity (Wildman–Crippen MR) is 68.8 cm³/mol. The summed E-state index contributed by atoms with van der Waals surface area (Å²) in [5.41, 5.74) is 2.55. The molecule has 0 saturated carbocycles. The molecule has 1 atom stereocenters. The van der Waals surface area contributed by atoms with Gasteiger partial charge in [0.2, 0.25) is 5.91 Å². The van der Waals surface area contributed by atoms with Crippen LogP contribution in [0.15, 0.2) is 0 Å². The molecule has 2 rings (SSSR count). The zero-order chi connectivity index (χ0) is 14.0. The lowest BCUT2D eigenvalue weighted by Gasteiger charge is -2.33. The number of nitrogens with zero attached hydrogens (tertiary/aromatic N) is 2. The van der Waals surface area contributed by atoms with Crippen LogP contribution in [-0.4, -0.2) is 44.7 Å². The number of aromatic nitrogens is 2. The lowest BCUT2D eigenvalue weighted by Crippen LogP contribution is -2.48. The predicted octanol–water partition coefficient (Wildman–Crippen LogP) is 1.03. The van der Waals surface area contributed by atoms with Gasteiger partial charge in [0.05, 0.1) is 12.1 Å². The number of carbonyl (C=O) groups excluding carboxylic acids is 1. The van der Waals surface area contributed by atoms with E-state index < -0.39 is 12.0 Å². The number of carbonyl (C=O) groups is 2. The molecule has 104 valence electrons. The molecule has 0 aliphatic carbocycles. The Morgan fingerprint density at radius 3 is 2.74 bits per heavy atom. The number of H-pyrrole nitrogens is 1. The zero-order valence-electron chi connectivity index (χ0n) is 11.3. The summed E-state index contributed by atoms with van der Waals surface area (Å²) < 4.78 is 0. The van der Waals surface area contributed by atoms with Crippen LogP contribution in [0, 0.1) is 13.8 Å². The fourth-order valence-electron chi connectivity index (χ4n) is 2.57. The molecule has 0 unspecified atom stereocenters. The van der Waals surface area contributed by atoms with Crippen molar-refractivity contribution < 1.29 is 14.7 Å². The van der Waals surface area contributed by atoms with Gasteiger partial charge in [-0.05, 0) is 33.1 Å². The first kappa shape index (κ1) is 13.6. The van der Waals surface area contributed by atoms with E-state index >= 15 is 0 Å². The van der Waals surface area contributed by atoms with Gasteiger partial charge in [-0.2, -0.15) is 5.10 Å². The number of piperidine rings is 1. The Balaban J connectivity index is 2.12. The summed E-state index contributed by atoms with van der Waals surface area (Å²) in [5.74, 6) is -1.03. The Morgan fingerprint density at radius 1 is 1.42 bits per heavy atom. The maximum atomic E-state index is 12.3. The van der Waals surface area contributed by atoms with Gasteiger partial charge in [-0.25, -0.2) is 4.79 Å². The number of carboxylic acid groups (broad SMARTS) is 1. The minimum Gasteiger partial charge on any atom is -0.480 e. The summed E-state index contributed by atoms with van der Waals surface area (Å²) in [5, 5.41) is 16.1. The summed E-state index contributed by atoms with van der Waals surface area (Å²) in [7, 11) is 0. The fraction of sp³-hybridized carbons (Fsp3) is 0.615. The molecule has 19 heavy (non-hydrogen) atoms. The van der Waals surface area contributed by atoms with Gasteiger partial charge in [0.25, 0.3) is 0 Å². The average Bonchev–Trinajstić information content (AvgIpc) is 2.70. The molecule has 0 radical (unpaired) electrons. The smallest absolute Gasteiger partial charge is 0.326 e. The van der Waals surface area contributed by atoms with Crippen LogP contribution in [0.25, 0.3) is 0 Å². The third-order valence-electron chi connectivity index (χ3n) is 3.72. The quantitative estimate of drug-likeness (QED) is 0.854. The molecule has 1 aliphatic rings. The number of amides is 1. The van der Waals surface area contributed by atoms with Crippen LogP contribution >= 0.6 is 0 Å². The summed E-state index contributed by atoms with van der Waals surface area (Å²) >= 11 is 0. The lowest BCUT2D eigenvalue weighted by molar-refractivity contribution is -0.151. The molecule has 1 fully saturated rings. The Kier molecular flexibility index (Phi) is 3.87. The van der Waals surface area contributed by atoms with E-state index in [4.69, 9.17) is 0 Å². The first-order chi connectivity index (χ1) is 9.00. The molecule has 6 nitrogen and oxygen atoms in total. The van der Waals surface area contributed by atoms with E-state index in [1.165, 1.54) is 4.90 Å². The molecule has 6 heteroatoms. The van der Waals surface area contributed by atoms with Crippen LogP contribution in [0.3, 0.4) is 0 Å². The highest BCUT2D eigenvalue weighted by molar-refractivity contribution is 5.85. The number of aryl methyl sites for hydroxylation is 2. The van der Waals surface area contributed by atoms with Crippen LogP contribution in [0.2, 0.25) is 0 Å². The standard InChI is InChI=1S/C13H19N3O3/c1-8-10(9(2)15-14-8)7-12(17)16-6-4-3-5-11(16)13(18)19/h11H,3-7H2,1-2H3,(H,14,15)(H,18,19)/t11-/m1/s1. The SMILES string of the molecule is Cc1n[nH]c(C)c1CC(=O)N1CCCC[C@@H]1C(=O)O. The van der Waals surface area contributed by atoms with Gasteiger partial charge in [-0.3, -0.25) is 9.89 Å². The molecule has 2 N–H and O–H groups in total. The summed E-state index contributed by atoms with van der Waals surface area (Å²) in [6, 6.07) is -0.672. The van der Waals surface area contributed by atoms with Crippen molar-refractivity contribution >= 4 is 11.9 Å². The molecule has 0 bridgehead atoms. The van der Waals surface area contributed by atoms with Crippen molar-refractivity contribution in [3.05, 3.63) is 17.0 Å². The molecule has 0 aromatic carbocycles. The molecular formula is C13H19N3O3. The van der Waals surface area contributed by atoms with Gasteiger partial charge in [0.1, 0.15) is 6.04 Å². The second-order valence-corrected chi connectivity index (χ2v) is 5.03. The molecule has 2 heterocycles. The van der Waals surface area contributed by atoms with Crippen molar-refractivity contribution in [1.29, 1.82) is 0 Å². The van der Waals surface area contributed by atoms with Gasteiger partial charge < -0.3 is 10.0 Å². The van der Waals surface area contributed by atoms with Gasteiger partial charge in [-0.1, -0.05) is 0 Å². The lowest BCUT2D eigenvalue weighted by atomic mass is 10.0. The van der Waals surface area contributed by atoms with Gasteiger partial charge in [0.15, 0.2) is 0 Å². The number of likely N-dealkylation sites (tertiary alicyclic amines) is 1. The number of hydrogen-bond acceptors (Lipinski definition) is 3. The van der Waals surface area contributed by atoms with Crippen molar-refractivity contribution in [3.8, 4) is 0 Å². The number of carboxylic acids is 1. The second-order valence-electron chi connectivity index (χ2n) is 5.03. The first-order valence-corrected chi connectivity index (χ1v) is 6.53. The normalized spacial score (nSPS) is 19.5. The van der Waals surface area contributed by atoms with Crippen LogP contribution in [-0.2, 0) is 16.0 Å². The van der Waals surface area contributed by atoms with E-state index in [1.54, 1.807) is 0 Å². The summed E-state index contributed by atoms with van der Waals surface area (Å²) in [6.07, 6.45) is 2.51. The van der Waals surface area contributed by atoms with Crippen molar-refractivity contribution in [2.45, 2.75) is 45.6 Å². The molecule has 1 saturated heterocycles. The average molecular weight is 265 g/mol. The van der Waals surface area contributed by atoms with Gasteiger partial charge in [0, 0.05) is 17.8 Å². The Bertz CT molecular complexity index is 476. The highest BCUT2D eigenvalue weighted by Gasteiger charge is 2.32. The van der Waals surface area contributed by atoms with Crippen LogP contribution in [0.5, 0.6) is 0 Å². The van der Waals surface area contributed by atoms with E-state index in [2.05, 4.69) is 10.2 Å².